The quantitative estimate of drug-likeness (QED) is 0.770. The Morgan fingerprint density at radius 1 is 1.31 bits per heavy atom. The van der Waals surface area contributed by atoms with Gasteiger partial charge < -0.3 is 9.64 Å². The van der Waals surface area contributed by atoms with Gasteiger partial charge in [-0.25, -0.2) is 12.8 Å². The molecule has 1 aromatic carbocycles. The van der Waals surface area contributed by atoms with Crippen molar-refractivity contribution >= 4 is 32.7 Å². The summed E-state index contributed by atoms with van der Waals surface area (Å²) in [6.07, 6.45) is 1.01. The number of hydrogen-bond donors (Lipinski definition) is 0. The molecular weight excluding hydrogens is 379 g/mol. The summed E-state index contributed by atoms with van der Waals surface area (Å²) in [5.74, 6) is -0.487. The van der Waals surface area contributed by atoms with E-state index in [0.29, 0.717) is 24.7 Å². The van der Waals surface area contributed by atoms with E-state index in [1.54, 1.807) is 12.1 Å². The van der Waals surface area contributed by atoms with Crippen LogP contribution in [0.15, 0.2) is 29.3 Å². The number of sulfone groups is 1. The summed E-state index contributed by atoms with van der Waals surface area (Å²) in [6.45, 7) is 0.957. The van der Waals surface area contributed by atoms with Gasteiger partial charge in [0.25, 0.3) is 5.91 Å². The molecule has 0 aliphatic carbocycles. The molecule has 4 rings (SSSR count). The first-order valence-electron chi connectivity index (χ1n) is 8.53. The lowest BCUT2D eigenvalue weighted by molar-refractivity contribution is -0.126. The largest absolute Gasteiger partial charge is 0.368 e. The zero-order valence-electron chi connectivity index (χ0n) is 14.0. The van der Waals surface area contributed by atoms with Gasteiger partial charge in [-0.1, -0.05) is 23.9 Å². The lowest BCUT2D eigenvalue weighted by atomic mass is 10.1. The molecule has 1 aromatic rings. The molecule has 140 valence electrons. The zero-order valence-corrected chi connectivity index (χ0v) is 15.6. The van der Waals surface area contributed by atoms with E-state index in [-0.39, 0.29) is 34.5 Å². The summed E-state index contributed by atoms with van der Waals surface area (Å²) in [7, 11) is -3.09. The van der Waals surface area contributed by atoms with E-state index in [2.05, 4.69) is 4.99 Å². The van der Waals surface area contributed by atoms with Gasteiger partial charge in [0, 0.05) is 18.4 Å². The van der Waals surface area contributed by atoms with Crippen molar-refractivity contribution in [2.75, 3.05) is 18.1 Å². The highest BCUT2D eigenvalue weighted by molar-refractivity contribution is 8.15. The Balaban J connectivity index is 1.59. The number of carbonyl (C=O) groups excluding carboxylic acids is 1. The minimum Gasteiger partial charge on any atom is -0.368 e. The van der Waals surface area contributed by atoms with E-state index >= 15 is 0 Å². The fourth-order valence-electron chi connectivity index (χ4n) is 3.55. The lowest BCUT2D eigenvalue weighted by Gasteiger charge is -2.24. The number of amidine groups is 1. The van der Waals surface area contributed by atoms with Crippen molar-refractivity contribution < 1.29 is 22.3 Å². The van der Waals surface area contributed by atoms with Crippen molar-refractivity contribution in [1.82, 2.24) is 4.90 Å². The number of amides is 1. The number of nitrogens with zero attached hydrogens (tertiary/aromatic N) is 2. The van der Waals surface area contributed by atoms with Gasteiger partial charge in [-0.3, -0.25) is 4.79 Å². The second-order valence-electron chi connectivity index (χ2n) is 6.79. The van der Waals surface area contributed by atoms with Crippen LogP contribution in [0.1, 0.15) is 18.4 Å². The summed E-state index contributed by atoms with van der Waals surface area (Å²) < 4.78 is 42.6. The highest BCUT2D eigenvalue weighted by atomic mass is 32.2. The minimum absolute atomic E-state index is 0.0546. The lowest BCUT2D eigenvalue weighted by Crippen LogP contribution is -2.37. The van der Waals surface area contributed by atoms with E-state index in [0.717, 1.165) is 12.0 Å². The molecule has 3 atom stereocenters. The molecule has 0 N–H and O–H groups in total. The van der Waals surface area contributed by atoms with Crippen LogP contribution in [0.4, 0.5) is 4.39 Å². The minimum atomic E-state index is -3.09. The van der Waals surface area contributed by atoms with E-state index in [4.69, 9.17) is 4.74 Å². The predicted octanol–water partition coefficient (Wildman–Crippen LogP) is 1.60. The third-order valence-corrected chi connectivity index (χ3v) is 8.10. The summed E-state index contributed by atoms with van der Waals surface area (Å²) in [5, 5.41) is 0.413. The van der Waals surface area contributed by atoms with Crippen LogP contribution >= 0.6 is 11.8 Å². The fraction of sp³-hybridized carbons (Fsp3) is 0.529. The molecule has 0 aromatic heterocycles. The fourth-order valence-corrected chi connectivity index (χ4v) is 7.50. The first-order valence-corrected chi connectivity index (χ1v) is 11.2. The monoisotopic (exact) mass is 398 g/mol. The van der Waals surface area contributed by atoms with Gasteiger partial charge in [0.05, 0.1) is 17.5 Å². The van der Waals surface area contributed by atoms with E-state index in [1.165, 1.54) is 23.9 Å². The average Bonchev–Trinajstić information content (AvgIpc) is 3.27. The topological polar surface area (TPSA) is 76.0 Å². The number of benzene rings is 1. The molecule has 3 saturated heterocycles. The van der Waals surface area contributed by atoms with Gasteiger partial charge >= 0.3 is 0 Å². The Labute approximate surface area is 155 Å². The van der Waals surface area contributed by atoms with Crippen molar-refractivity contribution in [3.63, 3.8) is 0 Å². The predicted molar refractivity (Wildman–Crippen MR) is 97.2 cm³/mol. The van der Waals surface area contributed by atoms with Crippen molar-refractivity contribution in [3.05, 3.63) is 35.6 Å². The Bertz CT molecular complexity index is 835. The summed E-state index contributed by atoms with van der Waals surface area (Å²) >= 11 is 1.35. The summed E-state index contributed by atoms with van der Waals surface area (Å²) in [5.41, 5.74) is 0.842. The highest BCUT2D eigenvalue weighted by Gasteiger charge is 2.48. The first-order chi connectivity index (χ1) is 12.4. The number of aliphatic imine (C=N–C) groups is 1. The van der Waals surface area contributed by atoms with E-state index in [1.807, 2.05) is 4.90 Å². The maximum atomic E-state index is 13.2. The summed E-state index contributed by atoms with van der Waals surface area (Å²) in [4.78, 5) is 18.5. The van der Waals surface area contributed by atoms with Crippen LogP contribution in [0, 0.1) is 5.82 Å². The number of halogens is 1. The second-order valence-corrected chi connectivity index (χ2v) is 10.1. The molecule has 3 aliphatic rings. The van der Waals surface area contributed by atoms with Crippen LogP contribution in [0.25, 0.3) is 0 Å². The van der Waals surface area contributed by atoms with Crippen LogP contribution in [0.2, 0.25) is 0 Å². The van der Waals surface area contributed by atoms with Gasteiger partial charge in [0.1, 0.15) is 11.9 Å². The van der Waals surface area contributed by atoms with Gasteiger partial charge in [-0.15, -0.1) is 0 Å². The van der Waals surface area contributed by atoms with Gasteiger partial charge in [0.2, 0.25) is 0 Å². The number of rotatable bonds is 3. The molecule has 6 nitrogen and oxygen atoms in total. The smallest absolute Gasteiger partial charge is 0.277 e. The molecule has 0 radical (unpaired) electrons. The number of fused-ring (bicyclic) bond motifs is 1. The van der Waals surface area contributed by atoms with Crippen LogP contribution in [0.3, 0.4) is 0 Å². The maximum absolute atomic E-state index is 13.2. The summed E-state index contributed by atoms with van der Waals surface area (Å²) in [6, 6.07) is 5.85. The third kappa shape index (κ3) is 3.65. The van der Waals surface area contributed by atoms with Gasteiger partial charge in [-0.2, -0.15) is 4.99 Å². The molecule has 1 amide bonds. The van der Waals surface area contributed by atoms with Gasteiger partial charge in [0.15, 0.2) is 15.0 Å². The highest BCUT2D eigenvalue weighted by Crippen LogP contribution is 2.39. The Morgan fingerprint density at radius 2 is 2.08 bits per heavy atom. The normalized spacial score (nSPS) is 31.5. The number of carbonyl (C=O) groups is 1. The Hall–Kier alpha value is -1.45. The number of hydrogen-bond acceptors (Lipinski definition) is 5. The number of ether oxygens (including phenoxy) is 1. The standard InChI is InChI=1S/C17H19FN2O4S2/c18-12-5-3-11(4-6-12)8-20-13-9-26(22,23)10-15(13)25-17(20)19-16(21)14-2-1-7-24-14/h3-6,13-15H,1-2,7-10H2/t13-,14+,15+/m0/s1. The van der Waals surface area contributed by atoms with Gasteiger partial charge in [-0.05, 0) is 30.5 Å². The van der Waals surface area contributed by atoms with E-state index < -0.39 is 15.9 Å². The van der Waals surface area contributed by atoms with Crippen molar-refractivity contribution in [3.8, 4) is 0 Å². The molecule has 0 unspecified atom stereocenters. The maximum Gasteiger partial charge on any atom is 0.277 e. The van der Waals surface area contributed by atoms with Crippen LogP contribution in [0.5, 0.6) is 0 Å². The zero-order chi connectivity index (χ0) is 18.3. The average molecular weight is 398 g/mol. The third-order valence-electron chi connectivity index (χ3n) is 4.85. The van der Waals surface area contributed by atoms with Crippen molar-refractivity contribution in [2.45, 2.75) is 36.8 Å². The van der Waals surface area contributed by atoms with Crippen molar-refractivity contribution in [1.29, 1.82) is 0 Å². The molecule has 3 aliphatic heterocycles. The van der Waals surface area contributed by atoms with Crippen molar-refractivity contribution in [2.24, 2.45) is 4.99 Å². The Kier molecular flexibility index (Phi) is 4.79. The van der Waals surface area contributed by atoms with E-state index in [9.17, 15) is 17.6 Å². The molecule has 9 heteroatoms. The molecule has 0 spiro atoms. The van der Waals surface area contributed by atoms with Crippen LogP contribution in [-0.2, 0) is 25.9 Å². The first kappa shape index (κ1) is 17.9. The SMILES string of the molecule is O=C(N=C1S[C@@H]2CS(=O)(=O)C[C@@H]2N1Cc1ccc(F)cc1)[C@H]1CCCO1. The molecule has 3 fully saturated rings. The Morgan fingerprint density at radius 3 is 2.77 bits per heavy atom. The van der Waals surface area contributed by atoms with Crippen LogP contribution < -0.4 is 0 Å². The molecule has 26 heavy (non-hydrogen) atoms. The molecular formula is C17H19FN2O4S2. The molecule has 0 bridgehead atoms. The van der Waals surface area contributed by atoms with Crippen LogP contribution in [-0.4, -0.2) is 59.9 Å². The molecule has 3 heterocycles. The number of thioether (sulfide) groups is 1. The molecule has 0 saturated carbocycles. The second kappa shape index (κ2) is 6.94.